The molecule has 4 aromatic rings. The van der Waals surface area contributed by atoms with Crippen molar-refractivity contribution in [3.05, 3.63) is 95.3 Å². The molecule has 0 bridgehead atoms. The zero-order chi connectivity index (χ0) is 22.5. The van der Waals surface area contributed by atoms with E-state index in [0.29, 0.717) is 11.4 Å². The van der Waals surface area contributed by atoms with E-state index < -0.39 is 0 Å². The number of hydrogen-bond acceptors (Lipinski definition) is 3. The molecule has 0 aliphatic rings. The van der Waals surface area contributed by atoms with E-state index >= 15 is 0 Å². The van der Waals surface area contributed by atoms with E-state index in [2.05, 4.69) is 22.5 Å². The van der Waals surface area contributed by atoms with Gasteiger partial charge in [-0.1, -0.05) is 55.0 Å². The number of hydrogen-bond donors (Lipinski definition) is 2. The molecular weight excluding hydrogens is 400 g/mol. The van der Waals surface area contributed by atoms with E-state index in [1.807, 2.05) is 72.2 Å². The van der Waals surface area contributed by atoms with Gasteiger partial charge in [-0.05, 0) is 49.2 Å². The number of para-hydroxylation sites is 3. The second-order valence-corrected chi connectivity index (χ2v) is 7.71. The molecule has 0 saturated carbocycles. The van der Waals surface area contributed by atoms with Gasteiger partial charge < -0.3 is 15.2 Å². The van der Waals surface area contributed by atoms with Crippen LogP contribution in [0.1, 0.15) is 34.2 Å². The lowest BCUT2D eigenvalue weighted by Gasteiger charge is -2.13. The summed E-state index contributed by atoms with van der Waals surface area (Å²) < 4.78 is 1.86. The average molecular weight is 427 g/mol. The molecule has 0 saturated heterocycles. The molecule has 6 heteroatoms. The maximum atomic E-state index is 12.9. The minimum absolute atomic E-state index is 0.105. The Bertz CT molecular complexity index is 1260. The predicted molar refractivity (Wildman–Crippen MR) is 127 cm³/mol. The van der Waals surface area contributed by atoms with E-state index in [1.165, 1.54) is 0 Å². The Morgan fingerprint density at radius 1 is 0.938 bits per heavy atom. The number of carbonyl (C=O) groups is 2. The van der Waals surface area contributed by atoms with Crippen LogP contribution in [0.3, 0.4) is 0 Å². The van der Waals surface area contributed by atoms with Crippen LogP contribution in [0.2, 0.25) is 0 Å². The van der Waals surface area contributed by atoms with Gasteiger partial charge in [0.25, 0.3) is 5.91 Å². The smallest absolute Gasteiger partial charge is 0.251 e. The summed E-state index contributed by atoms with van der Waals surface area (Å²) in [5.74, 6) is 0.315. The zero-order valence-electron chi connectivity index (χ0n) is 18.3. The Balaban J connectivity index is 1.54. The fourth-order valence-electron chi connectivity index (χ4n) is 3.69. The SMILES string of the molecule is CCc1ccccc1NC(=O)Cn1c(CNC(=O)c2ccc(C)cc2)nc2ccccc21. The van der Waals surface area contributed by atoms with Gasteiger partial charge in [0, 0.05) is 11.3 Å². The van der Waals surface area contributed by atoms with Crippen LogP contribution in [0, 0.1) is 6.92 Å². The molecule has 2 amide bonds. The summed E-state index contributed by atoms with van der Waals surface area (Å²) in [6.07, 6.45) is 0.834. The van der Waals surface area contributed by atoms with Gasteiger partial charge >= 0.3 is 0 Å². The number of anilines is 1. The van der Waals surface area contributed by atoms with Gasteiger partial charge in [-0.15, -0.1) is 0 Å². The van der Waals surface area contributed by atoms with Crippen LogP contribution in [0.4, 0.5) is 5.69 Å². The van der Waals surface area contributed by atoms with Crippen molar-refractivity contribution in [2.24, 2.45) is 0 Å². The number of carbonyl (C=O) groups excluding carboxylic acids is 2. The lowest BCUT2D eigenvalue weighted by molar-refractivity contribution is -0.116. The lowest BCUT2D eigenvalue weighted by Crippen LogP contribution is -2.26. The largest absolute Gasteiger partial charge is 0.345 e. The first-order valence-electron chi connectivity index (χ1n) is 10.7. The van der Waals surface area contributed by atoms with Gasteiger partial charge in [-0.25, -0.2) is 4.98 Å². The van der Waals surface area contributed by atoms with Crippen LogP contribution < -0.4 is 10.6 Å². The van der Waals surface area contributed by atoms with Crippen LogP contribution in [0.5, 0.6) is 0 Å². The molecule has 0 aliphatic carbocycles. The second-order valence-electron chi connectivity index (χ2n) is 7.71. The maximum Gasteiger partial charge on any atom is 0.251 e. The van der Waals surface area contributed by atoms with Gasteiger partial charge in [-0.3, -0.25) is 9.59 Å². The molecule has 32 heavy (non-hydrogen) atoms. The molecule has 0 unspecified atom stereocenters. The first kappa shape index (κ1) is 21.3. The Labute approximate surface area is 187 Å². The second kappa shape index (κ2) is 9.47. The van der Waals surface area contributed by atoms with E-state index in [4.69, 9.17) is 0 Å². The van der Waals surface area contributed by atoms with Crippen molar-refractivity contribution in [2.45, 2.75) is 33.4 Å². The Morgan fingerprint density at radius 3 is 2.44 bits per heavy atom. The molecule has 6 nitrogen and oxygen atoms in total. The van der Waals surface area contributed by atoms with Gasteiger partial charge in [0.2, 0.25) is 5.91 Å². The van der Waals surface area contributed by atoms with Crippen LogP contribution in [0.25, 0.3) is 11.0 Å². The van der Waals surface area contributed by atoms with Crippen LogP contribution in [-0.4, -0.2) is 21.4 Å². The highest BCUT2D eigenvalue weighted by molar-refractivity contribution is 5.94. The number of nitrogens with one attached hydrogen (secondary N) is 2. The number of aryl methyl sites for hydroxylation is 2. The number of aromatic nitrogens is 2. The minimum atomic E-state index is -0.176. The summed E-state index contributed by atoms with van der Waals surface area (Å²) in [4.78, 5) is 30.1. The molecular formula is C26H26N4O2. The highest BCUT2D eigenvalue weighted by Crippen LogP contribution is 2.18. The maximum absolute atomic E-state index is 12.9. The third kappa shape index (κ3) is 4.70. The molecule has 0 radical (unpaired) electrons. The topological polar surface area (TPSA) is 76.0 Å². The summed E-state index contributed by atoms with van der Waals surface area (Å²) in [5, 5.41) is 5.94. The fraction of sp³-hybridized carbons (Fsp3) is 0.192. The fourth-order valence-corrected chi connectivity index (χ4v) is 3.69. The predicted octanol–water partition coefficient (Wildman–Crippen LogP) is 4.48. The monoisotopic (exact) mass is 426 g/mol. The summed E-state index contributed by atoms with van der Waals surface area (Å²) >= 11 is 0. The molecule has 0 atom stereocenters. The van der Waals surface area contributed by atoms with Gasteiger partial charge in [-0.2, -0.15) is 0 Å². The third-order valence-corrected chi connectivity index (χ3v) is 5.43. The van der Waals surface area contributed by atoms with E-state index in [1.54, 1.807) is 12.1 Å². The highest BCUT2D eigenvalue weighted by atomic mass is 16.2. The first-order valence-corrected chi connectivity index (χ1v) is 10.7. The van der Waals surface area contributed by atoms with Crippen molar-refractivity contribution < 1.29 is 9.59 Å². The van der Waals surface area contributed by atoms with Crippen molar-refractivity contribution in [1.82, 2.24) is 14.9 Å². The van der Waals surface area contributed by atoms with Crippen molar-refractivity contribution in [3.63, 3.8) is 0 Å². The normalized spacial score (nSPS) is 10.8. The van der Waals surface area contributed by atoms with Crippen molar-refractivity contribution in [2.75, 3.05) is 5.32 Å². The first-order chi connectivity index (χ1) is 15.5. The highest BCUT2D eigenvalue weighted by Gasteiger charge is 2.15. The molecule has 1 heterocycles. The molecule has 1 aromatic heterocycles. The average Bonchev–Trinajstić information content (AvgIpc) is 3.15. The van der Waals surface area contributed by atoms with E-state index in [9.17, 15) is 9.59 Å². The molecule has 0 fully saturated rings. The minimum Gasteiger partial charge on any atom is -0.345 e. The zero-order valence-corrected chi connectivity index (χ0v) is 18.3. The van der Waals surface area contributed by atoms with Gasteiger partial charge in [0.1, 0.15) is 12.4 Å². The summed E-state index contributed by atoms with van der Waals surface area (Å²) in [6, 6.07) is 22.9. The van der Waals surface area contributed by atoms with Crippen LogP contribution >= 0.6 is 0 Å². The van der Waals surface area contributed by atoms with E-state index in [0.717, 1.165) is 34.3 Å². The number of rotatable bonds is 7. The summed E-state index contributed by atoms with van der Waals surface area (Å²) in [7, 11) is 0. The Morgan fingerprint density at radius 2 is 1.66 bits per heavy atom. The summed E-state index contributed by atoms with van der Waals surface area (Å²) in [5.41, 5.74) is 5.23. The number of benzene rings is 3. The van der Waals surface area contributed by atoms with Crippen molar-refractivity contribution in [3.8, 4) is 0 Å². The molecule has 0 aliphatic heterocycles. The standard InChI is InChI=1S/C26H26N4O2/c1-3-19-8-4-5-9-21(19)29-25(31)17-30-23-11-7-6-10-22(23)28-24(30)16-27-26(32)20-14-12-18(2)13-15-20/h4-15H,3,16-17H2,1-2H3,(H,27,32)(H,29,31). The molecule has 162 valence electrons. The summed E-state index contributed by atoms with van der Waals surface area (Å²) in [6.45, 7) is 4.37. The number of imidazole rings is 1. The number of nitrogens with zero attached hydrogens (tertiary/aromatic N) is 2. The van der Waals surface area contributed by atoms with Crippen molar-refractivity contribution >= 4 is 28.5 Å². The van der Waals surface area contributed by atoms with Gasteiger partial charge in [0.15, 0.2) is 0 Å². The molecule has 3 aromatic carbocycles. The van der Waals surface area contributed by atoms with Crippen molar-refractivity contribution in [1.29, 1.82) is 0 Å². The van der Waals surface area contributed by atoms with Gasteiger partial charge in [0.05, 0.1) is 17.6 Å². The molecule has 2 N–H and O–H groups in total. The molecule has 0 spiro atoms. The number of amides is 2. The van der Waals surface area contributed by atoms with Crippen LogP contribution in [-0.2, 0) is 24.3 Å². The quantitative estimate of drug-likeness (QED) is 0.458. The lowest BCUT2D eigenvalue weighted by atomic mass is 10.1. The third-order valence-electron chi connectivity index (χ3n) is 5.43. The number of fused-ring (bicyclic) bond motifs is 1. The van der Waals surface area contributed by atoms with Crippen LogP contribution in [0.15, 0.2) is 72.8 Å². The Kier molecular flexibility index (Phi) is 6.31. The Hall–Kier alpha value is -3.93. The molecule has 4 rings (SSSR count). The van der Waals surface area contributed by atoms with E-state index in [-0.39, 0.29) is 24.9 Å².